The van der Waals surface area contributed by atoms with Gasteiger partial charge in [0, 0.05) is 11.6 Å². The number of amides is 2. The lowest BCUT2D eigenvalue weighted by Gasteiger charge is -2.30. The molecule has 8 heteroatoms. The predicted octanol–water partition coefficient (Wildman–Crippen LogP) is 5.37. The van der Waals surface area contributed by atoms with Gasteiger partial charge in [-0.1, -0.05) is 42.5 Å². The van der Waals surface area contributed by atoms with Crippen molar-refractivity contribution < 1.29 is 29.0 Å². The quantitative estimate of drug-likeness (QED) is 0.525. The van der Waals surface area contributed by atoms with Crippen LogP contribution in [-0.2, 0) is 20.7 Å². The summed E-state index contributed by atoms with van der Waals surface area (Å²) < 4.78 is 10.9. The van der Waals surface area contributed by atoms with Crippen LogP contribution in [0.3, 0.4) is 0 Å². The van der Waals surface area contributed by atoms with Crippen molar-refractivity contribution in [2.24, 2.45) is 0 Å². The van der Waals surface area contributed by atoms with Crippen LogP contribution in [-0.4, -0.2) is 41.0 Å². The van der Waals surface area contributed by atoms with Crippen molar-refractivity contribution in [2.45, 2.75) is 70.6 Å². The second-order valence-electron chi connectivity index (χ2n) is 9.47. The Hall–Kier alpha value is -3.55. The molecule has 2 aromatic rings. The van der Waals surface area contributed by atoms with Crippen molar-refractivity contribution in [1.29, 1.82) is 0 Å². The standard InChI is InChI=1S/C26H32N2O6/c1-26(2,3)34-25(32)27-19-10-12-20(13-11-19)33-24(31)28-22-15-17(16-23(29)30)9-14-21(22)18-7-5-4-6-8-18/h4-9,14-15,19-20H,10-13,16H2,1-3H3,(H,27,32)(H,28,31)(H,29,30). The minimum atomic E-state index is -0.947. The first-order valence-corrected chi connectivity index (χ1v) is 11.5. The number of carboxylic acid groups (broad SMARTS) is 1. The Bertz CT molecular complexity index is 1010. The van der Waals surface area contributed by atoms with Crippen LogP contribution in [0.15, 0.2) is 48.5 Å². The third kappa shape index (κ3) is 7.79. The van der Waals surface area contributed by atoms with E-state index >= 15 is 0 Å². The molecule has 2 amide bonds. The maximum Gasteiger partial charge on any atom is 0.411 e. The number of alkyl carbamates (subject to hydrolysis) is 1. The average Bonchev–Trinajstić information content (AvgIpc) is 2.74. The van der Waals surface area contributed by atoms with E-state index < -0.39 is 23.8 Å². The van der Waals surface area contributed by atoms with Gasteiger partial charge in [0.25, 0.3) is 0 Å². The van der Waals surface area contributed by atoms with E-state index in [9.17, 15) is 14.4 Å². The monoisotopic (exact) mass is 468 g/mol. The summed E-state index contributed by atoms with van der Waals surface area (Å²) in [6, 6.07) is 14.7. The van der Waals surface area contributed by atoms with Gasteiger partial charge in [-0.05, 0) is 63.6 Å². The molecule has 0 aliphatic heterocycles. The summed E-state index contributed by atoms with van der Waals surface area (Å²) in [5.74, 6) is -0.947. The molecule has 0 spiro atoms. The van der Waals surface area contributed by atoms with Crippen LogP contribution in [0.2, 0.25) is 0 Å². The van der Waals surface area contributed by atoms with Crippen molar-refractivity contribution in [3.05, 3.63) is 54.1 Å². The molecule has 1 saturated carbocycles. The first-order valence-electron chi connectivity index (χ1n) is 11.5. The van der Waals surface area contributed by atoms with Gasteiger partial charge in [0.2, 0.25) is 0 Å². The van der Waals surface area contributed by atoms with Gasteiger partial charge in [-0.15, -0.1) is 0 Å². The molecule has 3 rings (SSSR count). The van der Waals surface area contributed by atoms with E-state index in [1.807, 2.05) is 51.1 Å². The number of rotatable bonds is 6. The Balaban J connectivity index is 1.59. The molecule has 0 atom stereocenters. The van der Waals surface area contributed by atoms with E-state index in [1.165, 1.54) is 0 Å². The Morgan fingerprint density at radius 1 is 0.971 bits per heavy atom. The lowest BCUT2D eigenvalue weighted by molar-refractivity contribution is -0.136. The SMILES string of the molecule is CC(C)(C)OC(=O)NC1CCC(OC(=O)Nc2cc(CC(=O)O)ccc2-c2ccccc2)CC1. The highest BCUT2D eigenvalue weighted by atomic mass is 16.6. The molecule has 1 aliphatic rings. The van der Waals surface area contributed by atoms with E-state index in [0.717, 1.165) is 11.1 Å². The van der Waals surface area contributed by atoms with Crippen LogP contribution < -0.4 is 10.6 Å². The van der Waals surface area contributed by atoms with Gasteiger partial charge >= 0.3 is 18.2 Å². The Morgan fingerprint density at radius 2 is 1.65 bits per heavy atom. The molecule has 3 N–H and O–H groups in total. The van der Waals surface area contributed by atoms with Gasteiger partial charge in [0.05, 0.1) is 12.1 Å². The molecule has 182 valence electrons. The fraction of sp³-hybridized carbons (Fsp3) is 0.423. The van der Waals surface area contributed by atoms with Crippen LogP contribution in [0, 0.1) is 0 Å². The van der Waals surface area contributed by atoms with Crippen LogP contribution in [0.1, 0.15) is 52.0 Å². The fourth-order valence-electron chi connectivity index (χ4n) is 3.94. The molecule has 1 fully saturated rings. The second-order valence-corrected chi connectivity index (χ2v) is 9.47. The number of carbonyl (C=O) groups excluding carboxylic acids is 2. The van der Waals surface area contributed by atoms with Crippen LogP contribution in [0.4, 0.5) is 15.3 Å². The zero-order valence-corrected chi connectivity index (χ0v) is 19.8. The van der Waals surface area contributed by atoms with Gasteiger partial charge in [-0.25, -0.2) is 9.59 Å². The van der Waals surface area contributed by atoms with Crippen molar-refractivity contribution in [1.82, 2.24) is 5.32 Å². The normalized spacial score (nSPS) is 18.0. The van der Waals surface area contributed by atoms with Crippen LogP contribution >= 0.6 is 0 Å². The van der Waals surface area contributed by atoms with E-state index in [0.29, 0.717) is 36.9 Å². The molecule has 0 aromatic heterocycles. The molecule has 8 nitrogen and oxygen atoms in total. The highest BCUT2D eigenvalue weighted by molar-refractivity contribution is 5.92. The number of ether oxygens (including phenoxy) is 2. The first-order chi connectivity index (χ1) is 16.1. The van der Waals surface area contributed by atoms with Gasteiger partial charge in [0.15, 0.2) is 0 Å². The topological polar surface area (TPSA) is 114 Å². The number of hydrogen-bond acceptors (Lipinski definition) is 5. The minimum absolute atomic E-state index is 0.0184. The summed E-state index contributed by atoms with van der Waals surface area (Å²) in [5.41, 5.74) is 2.19. The van der Waals surface area contributed by atoms with E-state index in [4.69, 9.17) is 14.6 Å². The number of aliphatic carboxylic acids is 1. The largest absolute Gasteiger partial charge is 0.481 e. The van der Waals surface area contributed by atoms with Crippen molar-refractivity contribution in [2.75, 3.05) is 5.32 Å². The van der Waals surface area contributed by atoms with Gasteiger partial charge < -0.3 is 19.9 Å². The van der Waals surface area contributed by atoms with Crippen LogP contribution in [0.5, 0.6) is 0 Å². The molecule has 0 unspecified atom stereocenters. The Labute approximate surface area is 199 Å². The van der Waals surface area contributed by atoms with Gasteiger partial charge in [-0.3, -0.25) is 10.1 Å². The zero-order chi connectivity index (χ0) is 24.7. The number of carboxylic acids is 1. The molecule has 0 saturated heterocycles. The molecular formula is C26H32N2O6. The third-order valence-electron chi connectivity index (χ3n) is 5.43. The number of hydrogen-bond donors (Lipinski definition) is 3. The number of nitrogens with one attached hydrogen (secondary N) is 2. The molecule has 0 heterocycles. The molecule has 34 heavy (non-hydrogen) atoms. The summed E-state index contributed by atoms with van der Waals surface area (Å²) in [5, 5.41) is 14.8. The highest BCUT2D eigenvalue weighted by Crippen LogP contribution is 2.30. The number of anilines is 1. The number of benzene rings is 2. The minimum Gasteiger partial charge on any atom is -0.481 e. The van der Waals surface area contributed by atoms with Gasteiger partial charge in [0.1, 0.15) is 11.7 Å². The zero-order valence-electron chi connectivity index (χ0n) is 19.8. The number of carbonyl (C=O) groups is 3. The summed E-state index contributed by atoms with van der Waals surface area (Å²) >= 11 is 0. The molecule has 0 bridgehead atoms. The predicted molar refractivity (Wildman–Crippen MR) is 129 cm³/mol. The molecule has 2 aromatic carbocycles. The summed E-state index contributed by atoms with van der Waals surface area (Å²) in [7, 11) is 0. The average molecular weight is 469 g/mol. The maximum atomic E-state index is 12.7. The highest BCUT2D eigenvalue weighted by Gasteiger charge is 2.27. The molecule has 1 aliphatic carbocycles. The van der Waals surface area contributed by atoms with Crippen molar-refractivity contribution >= 4 is 23.8 Å². The van der Waals surface area contributed by atoms with Crippen LogP contribution in [0.25, 0.3) is 11.1 Å². The van der Waals surface area contributed by atoms with Crippen molar-refractivity contribution in [3.8, 4) is 11.1 Å². The van der Waals surface area contributed by atoms with E-state index in [2.05, 4.69) is 10.6 Å². The van der Waals surface area contributed by atoms with E-state index in [-0.39, 0.29) is 18.6 Å². The smallest absolute Gasteiger partial charge is 0.411 e. The Morgan fingerprint density at radius 3 is 2.26 bits per heavy atom. The second kappa shape index (κ2) is 11.0. The summed E-state index contributed by atoms with van der Waals surface area (Å²) in [6.07, 6.45) is 1.17. The lowest BCUT2D eigenvalue weighted by atomic mass is 9.93. The molecular weight excluding hydrogens is 436 g/mol. The van der Waals surface area contributed by atoms with Gasteiger partial charge in [-0.2, -0.15) is 0 Å². The summed E-state index contributed by atoms with van der Waals surface area (Å²) in [6.45, 7) is 5.45. The fourth-order valence-corrected chi connectivity index (χ4v) is 3.94. The lowest BCUT2D eigenvalue weighted by Crippen LogP contribution is -2.42. The summed E-state index contributed by atoms with van der Waals surface area (Å²) in [4.78, 5) is 35.8. The maximum absolute atomic E-state index is 12.7. The third-order valence-corrected chi connectivity index (χ3v) is 5.43. The first kappa shape index (κ1) is 25.1. The Kier molecular flexibility index (Phi) is 8.15. The van der Waals surface area contributed by atoms with Crippen molar-refractivity contribution in [3.63, 3.8) is 0 Å². The molecule has 0 radical (unpaired) electrons. The van der Waals surface area contributed by atoms with E-state index in [1.54, 1.807) is 18.2 Å².